The van der Waals surface area contributed by atoms with E-state index >= 15 is 0 Å². The summed E-state index contributed by atoms with van der Waals surface area (Å²) in [7, 11) is 0. The highest BCUT2D eigenvalue weighted by Gasteiger charge is 2.60. The largest absolute Gasteiger partial charge is 0.385 e. The zero-order valence-corrected chi connectivity index (χ0v) is 14.4. The summed E-state index contributed by atoms with van der Waals surface area (Å²) in [5, 5.41) is 19.8. The average molecular weight is 322 g/mol. The topological polar surface area (TPSA) is 48.9 Å². The predicted molar refractivity (Wildman–Crippen MR) is 95.9 cm³/mol. The molecule has 3 aliphatic carbocycles. The van der Waals surface area contributed by atoms with Crippen LogP contribution in [0, 0.1) is 17.3 Å². The molecule has 2 N–H and O–H groups in total. The van der Waals surface area contributed by atoms with Gasteiger partial charge in [0.1, 0.15) is 0 Å². The van der Waals surface area contributed by atoms with Gasteiger partial charge in [0.05, 0.1) is 17.3 Å². The van der Waals surface area contributed by atoms with Crippen LogP contribution in [0.15, 0.2) is 31.0 Å². The number of hydrogen-bond donors (Lipinski definition) is 2. The molecule has 2 fully saturated rings. The van der Waals surface area contributed by atoms with Gasteiger partial charge in [-0.15, -0.1) is 6.58 Å². The van der Waals surface area contributed by atoms with Gasteiger partial charge < -0.3 is 5.11 Å². The summed E-state index contributed by atoms with van der Waals surface area (Å²) in [4.78, 5) is 0. The summed E-state index contributed by atoms with van der Waals surface area (Å²) in [5.74, 6) is 1.97. The van der Waals surface area contributed by atoms with Crippen molar-refractivity contribution in [1.82, 2.24) is 10.2 Å². The van der Waals surface area contributed by atoms with Crippen LogP contribution in [0.1, 0.15) is 56.1 Å². The van der Waals surface area contributed by atoms with Gasteiger partial charge in [-0.05, 0) is 73.5 Å². The first-order valence-corrected chi connectivity index (χ1v) is 9.38. The maximum Gasteiger partial charge on any atom is 0.0881 e. The molecule has 1 aromatic carbocycles. The highest BCUT2D eigenvalue weighted by molar-refractivity contribution is 5.83. The Kier molecular flexibility index (Phi) is 2.90. The molecule has 3 heteroatoms. The van der Waals surface area contributed by atoms with Crippen LogP contribution in [-0.2, 0) is 6.42 Å². The van der Waals surface area contributed by atoms with Crippen LogP contribution in [0.25, 0.3) is 10.9 Å². The van der Waals surface area contributed by atoms with Gasteiger partial charge in [-0.1, -0.05) is 19.1 Å². The van der Waals surface area contributed by atoms with Crippen molar-refractivity contribution in [3.05, 3.63) is 42.1 Å². The molecule has 0 radical (unpaired) electrons. The lowest BCUT2D eigenvalue weighted by Crippen LogP contribution is -2.49. The molecule has 0 saturated heterocycles. The Morgan fingerprint density at radius 2 is 2.17 bits per heavy atom. The summed E-state index contributed by atoms with van der Waals surface area (Å²) in [6.45, 7) is 6.28. The molecule has 5 rings (SSSR count). The summed E-state index contributed by atoms with van der Waals surface area (Å²) < 4.78 is 0. The molecule has 2 saturated carbocycles. The van der Waals surface area contributed by atoms with Crippen LogP contribution in [0.4, 0.5) is 0 Å². The van der Waals surface area contributed by atoms with Gasteiger partial charge in [-0.3, -0.25) is 5.10 Å². The van der Waals surface area contributed by atoms with Crippen molar-refractivity contribution in [2.75, 3.05) is 0 Å². The molecule has 3 aliphatic rings. The van der Waals surface area contributed by atoms with E-state index in [0.29, 0.717) is 17.8 Å². The van der Waals surface area contributed by atoms with Gasteiger partial charge >= 0.3 is 0 Å². The van der Waals surface area contributed by atoms with Crippen LogP contribution in [-0.4, -0.2) is 20.9 Å². The van der Waals surface area contributed by atoms with Crippen LogP contribution < -0.4 is 0 Å². The van der Waals surface area contributed by atoms with Crippen molar-refractivity contribution < 1.29 is 5.11 Å². The van der Waals surface area contributed by atoms with Crippen molar-refractivity contribution in [2.45, 2.75) is 57.0 Å². The van der Waals surface area contributed by atoms with Crippen molar-refractivity contribution >= 4 is 10.9 Å². The second-order valence-electron chi connectivity index (χ2n) is 8.50. The Hall–Kier alpha value is -1.61. The number of nitrogens with zero attached hydrogens (tertiary/aromatic N) is 1. The third kappa shape index (κ3) is 1.64. The zero-order valence-electron chi connectivity index (χ0n) is 14.4. The van der Waals surface area contributed by atoms with Gasteiger partial charge in [0, 0.05) is 10.8 Å². The zero-order chi connectivity index (χ0) is 16.5. The smallest absolute Gasteiger partial charge is 0.0881 e. The predicted octanol–water partition coefficient (Wildman–Crippen LogP) is 4.34. The number of fused-ring (bicyclic) bond motifs is 7. The lowest BCUT2D eigenvalue weighted by atomic mass is 9.53. The molecular formula is C21H26N2O. The fraction of sp³-hybridized carbons (Fsp3) is 0.571. The monoisotopic (exact) mass is 322 g/mol. The number of aromatic amines is 1. The number of benzene rings is 1. The third-order valence-corrected chi connectivity index (χ3v) is 7.89. The van der Waals surface area contributed by atoms with Gasteiger partial charge in [-0.25, -0.2) is 0 Å². The van der Waals surface area contributed by atoms with E-state index in [0.717, 1.165) is 31.2 Å². The Bertz CT molecular complexity index is 824. The number of aryl methyl sites for hydroxylation is 1. The van der Waals surface area contributed by atoms with Crippen LogP contribution >= 0.6 is 0 Å². The molecule has 24 heavy (non-hydrogen) atoms. The maximum absolute atomic E-state index is 11.1. The fourth-order valence-corrected chi connectivity index (χ4v) is 6.49. The Morgan fingerprint density at radius 3 is 3.00 bits per heavy atom. The van der Waals surface area contributed by atoms with E-state index in [1.807, 2.05) is 12.3 Å². The lowest BCUT2D eigenvalue weighted by molar-refractivity contribution is -0.0707. The fourth-order valence-electron chi connectivity index (χ4n) is 6.49. The minimum Gasteiger partial charge on any atom is -0.385 e. The van der Waals surface area contributed by atoms with Crippen molar-refractivity contribution in [3.63, 3.8) is 0 Å². The SMILES string of the molecule is C=C[C@]1(O)CCC2C3CCc4c(ccc5[nH]ncc45)C3CC[C@@]21C. The van der Waals surface area contributed by atoms with E-state index in [9.17, 15) is 5.11 Å². The molecule has 126 valence electrons. The van der Waals surface area contributed by atoms with Crippen molar-refractivity contribution in [3.8, 4) is 0 Å². The van der Waals surface area contributed by atoms with E-state index < -0.39 is 5.60 Å². The molecule has 0 bridgehead atoms. The maximum atomic E-state index is 11.1. The van der Waals surface area contributed by atoms with Gasteiger partial charge in [-0.2, -0.15) is 5.10 Å². The number of rotatable bonds is 1. The van der Waals surface area contributed by atoms with Crippen LogP contribution in [0.5, 0.6) is 0 Å². The summed E-state index contributed by atoms with van der Waals surface area (Å²) in [6.07, 6.45) is 10.5. The molecule has 3 nitrogen and oxygen atoms in total. The average Bonchev–Trinajstić information content (AvgIpc) is 3.18. The second-order valence-corrected chi connectivity index (χ2v) is 8.50. The number of hydrogen-bond acceptors (Lipinski definition) is 2. The van der Waals surface area contributed by atoms with Crippen molar-refractivity contribution in [1.29, 1.82) is 0 Å². The first kappa shape index (κ1) is 14.7. The normalized spacial score (nSPS) is 40.8. The minimum absolute atomic E-state index is 0.00710. The van der Waals surface area contributed by atoms with E-state index in [-0.39, 0.29) is 5.41 Å². The molecule has 1 heterocycles. The molecular weight excluding hydrogens is 296 g/mol. The summed E-state index contributed by atoms with van der Waals surface area (Å²) in [5.41, 5.74) is 3.57. The standard InChI is InChI=1S/C21H26N2O/c1-3-21(24)11-9-18-16-5-4-14-13(15(16)8-10-20(18,21)2)6-7-19-17(14)12-22-23-19/h3,6-7,12,15-16,18,24H,1,4-5,8-11H2,2H3,(H,22,23)/t15?,16?,18?,20-,21-/m0/s1. The summed E-state index contributed by atoms with van der Waals surface area (Å²) in [6, 6.07) is 4.54. The first-order valence-electron chi connectivity index (χ1n) is 9.38. The molecule has 2 aromatic rings. The number of nitrogens with one attached hydrogen (secondary N) is 1. The Labute approximate surface area is 143 Å². The second kappa shape index (κ2) is 4.72. The molecule has 5 atom stereocenters. The highest BCUT2D eigenvalue weighted by atomic mass is 16.3. The van der Waals surface area contributed by atoms with E-state index in [1.54, 1.807) is 5.56 Å². The molecule has 0 spiro atoms. The minimum atomic E-state index is -0.669. The van der Waals surface area contributed by atoms with Gasteiger partial charge in [0.2, 0.25) is 0 Å². The summed E-state index contributed by atoms with van der Waals surface area (Å²) >= 11 is 0. The lowest BCUT2D eigenvalue weighted by Gasteiger charge is -2.52. The highest BCUT2D eigenvalue weighted by Crippen LogP contribution is 2.64. The van der Waals surface area contributed by atoms with Crippen molar-refractivity contribution in [2.24, 2.45) is 17.3 Å². The molecule has 3 unspecified atom stereocenters. The van der Waals surface area contributed by atoms with Gasteiger partial charge in [0.25, 0.3) is 0 Å². The van der Waals surface area contributed by atoms with Gasteiger partial charge in [0.15, 0.2) is 0 Å². The molecule has 0 amide bonds. The number of H-pyrrole nitrogens is 1. The number of aliphatic hydroxyl groups is 1. The molecule has 1 aromatic heterocycles. The van der Waals surface area contributed by atoms with Crippen LogP contribution in [0.3, 0.4) is 0 Å². The first-order chi connectivity index (χ1) is 11.6. The quantitative estimate of drug-likeness (QED) is 0.768. The van der Waals surface area contributed by atoms with E-state index in [1.165, 1.54) is 23.8 Å². The number of aromatic nitrogens is 2. The Balaban J connectivity index is 1.58. The van der Waals surface area contributed by atoms with E-state index in [4.69, 9.17) is 0 Å². The van der Waals surface area contributed by atoms with E-state index in [2.05, 4.69) is 35.8 Å². The van der Waals surface area contributed by atoms with Crippen LogP contribution in [0.2, 0.25) is 0 Å². The third-order valence-electron chi connectivity index (χ3n) is 7.89. The Morgan fingerprint density at radius 1 is 1.29 bits per heavy atom. The molecule has 0 aliphatic heterocycles.